The zero-order chi connectivity index (χ0) is 7.98. The maximum absolute atomic E-state index is 10.5. The highest BCUT2D eigenvalue weighted by Crippen LogP contribution is 2.19. The van der Waals surface area contributed by atoms with E-state index in [1.54, 1.807) is 6.92 Å². The van der Waals surface area contributed by atoms with Gasteiger partial charge in [-0.15, -0.1) is 0 Å². The van der Waals surface area contributed by atoms with E-state index in [9.17, 15) is 9.36 Å². The Morgan fingerprint density at radius 2 is 2.30 bits per heavy atom. The lowest BCUT2D eigenvalue weighted by atomic mass is 10.8. The van der Waals surface area contributed by atoms with E-state index in [0.717, 1.165) is 0 Å². The summed E-state index contributed by atoms with van der Waals surface area (Å²) in [7, 11) is -2.11. The molecule has 1 unspecified atom stereocenters. The van der Waals surface area contributed by atoms with Crippen molar-refractivity contribution in [2.75, 3.05) is 19.4 Å². The van der Waals surface area contributed by atoms with Gasteiger partial charge in [-0.25, -0.2) is 0 Å². The van der Waals surface area contributed by atoms with E-state index in [-0.39, 0.29) is 12.8 Å². The Balaban J connectivity index is 3.31. The Hall–Kier alpha value is -0.470. The van der Waals surface area contributed by atoms with Crippen LogP contribution in [0.5, 0.6) is 0 Å². The molecule has 0 rings (SSSR count). The van der Waals surface area contributed by atoms with E-state index in [1.807, 2.05) is 0 Å². The molecule has 0 fully saturated rings. The van der Waals surface area contributed by atoms with Crippen molar-refractivity contribution in [2.24, 2.45) is 0 Å². The lowest BCUT2D eigenvalue weighted by molar-refractivity contribution is 0.163. The summed E-state index contributed by atoms with van der Waals surface area (Å²) >= 11 is 0. The minimum absolute atomic E-state index is 0.110. The standard InChI is InChI=1S/C5H9O4P/c1-2-9-3-4-10(8)5(6)7/h2-4H2,1H3/p+1. The third-order valence-corrected chi connectivity index (χ3v) is 1.87. The van der Waals surface area contributed by atoms with Gasteiger partial charge in [-0.1, -0.05) is 4.57 Å². The molecule has 0 saturated heterocycles. The van der Waals surface area contributed by atoms with Crippen LogP contribution in [0.1, 0.15) is 6.92 Å². The summed E-state index contributed by atoms with van der Waals surface area (Å²) in [5, 5.41) is 8.14. The lowest BCUT2D eigenvalue weighted by Gasteiger charge is -1.89. The first-order chi connectivity index (χ1) is 4.68. The van der Waals surface area contributed by atoms with Crippen molar-refractivity contribution in [1.82, 2.24) is 0 Å². The molecular formula is C5H10O4P+. The summed E-state index contributed by atoms with van der Waals surface area (Å²) < 4.78 is 15.3. The fourth-order valence-electron chi connectivity index (χ4n) is 0.387. The largest absolute Gasteiger partial charge is 0.552 e. The highest BCUT2D eigenvalue weighted by molar-refractivity contribution is 7.62. The minimum Gasteiger partial charge on any atom is -0.443 e. The predicted octanol–water partition coefficient (Wildman–Crippen LogP) is 1.53. The number of hydrogen-bond acceptors (Lipinski definition) is 3. The second kappa shape index (κ2) is 5.33. The van der Waals surface area contributed by atoms with Gasteiger partial charge in [0.15, 0.2) is 6.16 Å². The summed E-state index contributed by atoms with van der Waals surface area (Å²) in [4.78, 5) is 9.95. The highest BCUT2D eigenvalue weighted by Gasteiger charge is 2.25. The van der Waals surface area contributed by atoms with Crippen LogP contribution in [0.4, 0.5) is 4.79 Å². The van der Waals surface area contributed by atoms with E-state index in [2.05, 4.69) is 0 Å². The van der Waals surface area contributed by atoms with E-state index in [4.69, 9.17) is 9.84 Å². The van der Waals surface area contributed by atoms with E-state index < -0.39 is 13.5 Å². The van der Waals surface area contributed by atoms with Crippen LogP contribution in [0, 0.1) is 0 Å². The second-order valence-electron chi connectivity index (χ2n) is 1.58. The molecule has 1 N–H and O–H groups in total. The molecule has 4 nitrogen and oxygen atoms in total. The van der Waals surface area contributed by atoms with Gasteiger partial charge in [0.25, 0.3) is 0 Å². The van der Waals surface area contributed by atoms with Crippen molar-refractivity contribution >= 4 is 13.5 Å². The molecule has 0 aliphatic carbocycles. The maximum Gasteiger partial charge on any atom is 0.552 e. The zero-order valence-electron chi connectivity index (χ0n) is 5.74. The maximum atomic E-state index is 10.5. The van der Waals surface area contributed by atoms with Gasteiger partial charge in [-0.2, -0.15) is 4.79 Å². The number of rotatable bonds is 5. The van der Waals surface area contributed by atoms with Gasteiger partial charge in [-0.3, -0.25) is 0 Å². The van der Waals surface area contributed by atoms with E-state index in [0.29, 0.717) is 6.61 Å². The van der Waals surface area contributed by atoms with Crippen LogP contribution >= 0.6 is 7.80 Å². The average molecular weight is 165 g/mol. The Kier molecular flexibility index (Phi) is 5.08. The first-order valence-corrected chi connectivity index (χ1v) is 4.38. The van der Waals surface area contributed by atoms with Crippen LogP contribution in [-0.2, 0) is 9.30 Å². The van der Waals surface area contributed by atoms with Gasteiger partial charge in [0, 0.05) is 6.61 Å². The van der Waals surface area contributed by atoms with Crippen LogP contribution in [-0.4, -0.2) is 30.2 Å². The summed E-state index contributed by atoms with van der Waals surface area (Å²) in [6, 6.07) is 0. The summed E-state index contributed by atoms with van der Waals surface area (Å²) in [5.41, 5.74) is -1.24. The molecule has 10 heavy (non-hydrogen) atoms. The van der Waals surface area contributed by atoms with Crippen LogP contribution in [0.15, 0.2) is 0 Å². The molecule has 0 radical (unpaired) electrons. The number of carboxylic acid groups (broad SMARTS) is 1. The molecule has 58 valence electrons. The van der Waals surface area contributed by atoms with E-state index in [1.165, 1.54) is 0 Å². The Morgan fingerprint density at radius 1 is 1.70 bits per heavy atom. The summed E-state index contributed by atoms with van der Waals surface area (Å²) in [6.07, 6.45) is 0.110. The SMILES string of the molecule is CCOCC[P+](=O)C(=O)O. The van der Waals surface area contributed by atoms with Gasteiger partial charge >= 0.3 is 13.5 Å². The van der Waals surface area contributed by atoms with Crippen LogP contribution < -0.4 is 0 Å². The number of hydrogen-bond donors (Lipinski definition) is 1. The van der Waals surface area contributed by atoms with E-state index >= 15 is 0 Å². The van der Waals surface area contributed by atoms with Crippen molar-refractivity contribution in [3.8, 4) is 0 Å². The number of ether oxygens (including phenoxy) is 1. The Morgan fingerprint density at radius 3 is 2.70 bits per heavy atom. The third-order valence-electron chi connectivity index (χ3n) is 0.856. The fraction of sp³-hybridized carbons (Fsp3) is 0.800. The van der Waals surface area contributed by atoms with Gasteiger partial charge < -0.3 is 9.84 Å². The van der Waals surface area contributed by atoms with Crippen molar-refractivity contribution in [2.45, 2.75) is 6.92 Å². The van der Waals surface area contributed by atoms with Crippen molar-refractivity contribution in [3.63, 3.8) is 0 Å². The van der Waals surface area contributed by atoms with Gasteiger partial charge in [0.05, 0.1) is 6.61 Å². The molecule has 0 aromatic carbocycles. The smallest absolute Gasteiger partial charge is 0.443 e. The van der Waals surface area contributed by atoms with Crippen molar-refractivity contribution < 1.29 is 19.2 Å². The normalized spacial score (nSPS) is 11.1. The first kappa shape index (κ1) is 9.53. The van der Waals surface area contributed by atoms with Gasteiger partial charge in [0.2, 0.25) is 0 Å². The predicted molar refractivity (Wildman–Crippen MR) is 37.0 cm³/mol. The average Bonchev–Trinajstić information content (AvgIpc) is 1.88. The summed E-state index contributed by atoms with van der Waals surface area (Å²) in [6.45, 7) is 2.59. The molecule has 0 aromatic rings. The first-order valence-electron chi connectivity index (χ1n) is 2.93. The highest BCUT2D eigenvalue weighted by atomic mass is 31.1. The molecule has 0 aliphatic rings. The third kappa shape index (κ3) is 4.41. The zero-order valence-corrected chi connectivity index (χ0v) is 6.63. The second-order valence-corrected chi connectivity index (χ2v) is 3.17. The van der Waals surface area contributed by atoms with Crippen molar-refractivity contribution in [1.29, 1.82) is 0 Å². The van der Waals surface area contributed by atoms with Gasteiger partial charge in [-0.05, 0) is 6.92 Å². The van der Waals surface area contributed by atoms with Crippen LogP contribution in [0.3, 0.4) is 0 Å². The van der Waals surface area contributed by atoms with Crippen LogP contribution in [0.25, 0.3) is 0 Å². The topological polar surface area (TPSA) is 63.6 Å². The Labute approximate surface area is 60.0 Å². The molecule has 0 aromatic heterocycles. The fourth-order valence-corrected chi connectivity index (χ4v) is 0.874. The lowest BCUT2D eigenvalue weighted by Crippen LogP contribution is -1.98. The molecule has 0 amide bonds. The molecule has 0 bridgehead atoms. The quantitative estimate of drug-likeness (QED) is 0.495. The molecule has 1 atom stereocenters. The molecular weight excluding hydrogens is 155 g/mol. The Bertz CT molecular complexity index is 134. The molecule has 0 spiro atoms. The molecule has 5 heteroatoms. The number of carbonyl (C=O) groups is 1. The minimum atomic E-state index is -2.11. The van der Waals surface area contributed by atoms with Crippen molar-refractivity contribution in [3.05, 3.63) is 0 Å². The monoisotopic (exact) mass is 165 g/mol. The molecule has 0 heterocycles. The molecule has 0 saturated carbocycles. The molecule has 0 aliphatic heterocycles. The van der Waals surface area contributed by atoms with Gasteiger partial charge in [0.1, 0.15) is 0 Å². The van der Waals surface area contributed by atoms with Crippen LogP contribution in [0.2, 0.25) is 0 Å². The summed E-state index contributed by atoms with van der Waals surface area (Å²) in [5.74, 6) is 0.